The van der Waals surface area contributed by atoms with Gasteiger partial charge in [0.2, 0.25) is 5.95 Å². The number of aryl methyl sites for hydroxylation is 1. The van der Waals surface area contributed by atoms with Crippen molar-refractivity contribution in [2.45, 2.75) is 18.0 Å². The highest BCUT2D eigenvalue weighted by molar-refractivity contribution is 7.90. The largest absolute Gasteiger partial charge is 0.457 e. The molecule has 1 aromatic heterocycles. The molecule has 0 unspecified atom stereocenters. The Kier molecular flexibility index (Phi) is 7.24. The van der Waals surface area contributed by atoms with Crippen molar-refractivity contribution in [3.8, 4) is 11.5 Å². The Morgan fingerprint density at radius 2 is 1.57 bits per heavy atom. The van der Waals surface area contributed by atoms with E-state index in [0.29, 0.717) is 29.5 Å². The summed E-state index contributed by atoms with van der Waals surface area (Å²) in [4.78, 5) is 16.4. The Hall–Kier alpha value is -5.11. The van der Waals surface area contributed by atoms with Gasteiger partial charge in [-0.15, -0.1) is 0 Å². The summed E-state index contributed by atoms with van der Waals surface area (Å²) in [7, 11) is -4.06. The van der Waals surface area contributed by atoms with Crippen molar-refractivity contribution < 1.29 is 35.5 Å². The van der Waals surface area contributed by atoms with Crippen LogP contribution in [0.5, 0.6) is 11.5 Å². The van der Waals surface area contributed by atoms with E-state index < -0.39 is 39.3 Å². The molecule has 4 aromatic carbocycles. The van der Waals surface area contributed by atoms with Crippen molar-refractivity contribution in [2.75, 3.05) is 16.4 Å². The van der Waals surface area contributed by atoms with Crippen molar-refractivity contribution in [2.24, 2.45) is 0 Å². The lowest BCUT2D eigenvalue weighted by Crippen LogP contribution is -2.20. The lowest BCUT2D eigenvalue weighted by molar-refractivity contribution is -0.137. The molecule has 0 saturated carbocycles. The zero-order valence-corrected chi connectivity index (χ0v) is 22.4. The van der Waals surface area contributed by atoms with Crippen LogP contribution >= 0.6 is 0 Å². The van der Waals surface area contributed by atoms with Gasteiger partial charge in [0, 0.05) is 11.8 Å². The molecule has 1 heterocycles. The Morgan fingerprint density at radius 3 is 2.24 bits per heavy atom. The smallest absolute Gasteiger partial charge is 0.416 e. The molecular weight excluding hydrogens is 578 g/mol. The fourth-order valence-electron chi connectivity index (χ4n) is 4.01. The van der Waals surface area contributed by atoms with Gasteiger partial charge in [-0.25, -0.2) is 26.6 Å². The number of amides is 2. The number of hydrogen-bond donors (Lipinski definition) is 3. The first-order valence-electron chi connectivity index (χ1n) is 12.1. The second-order valence-corrected chi connectivity index (χ2v) is 10.9. The average Bonchev–Trinajstić information content (AvgIpc) is 3.26. The van der Waals surface area contributed by atoms with E-state index in [4.69, 9.17) is 10.5 Å². The number of urea groups is 1. The number of nitrogens with zero attached hydrogens (tertiary/aromatic N) is 2. The minimum absolute atomic E-state index is 0.0355. The molecule has 0 spiro atoms. The number of imidazole rings is 1. The summed E-state index contributed by atoms with van der Waals surface area (Å²) in [6.45, 7) is 1.83. The van der Waals surface area contributed by atoms with Crippen LogP contribution in [0.1, 0.15) is 11.1 Å². The molecule has 216 valence electrons. The van der Waals surface area contributed by atoms with Gasteiger partial charge in [-0.05, 0) is 73.7 Å². The minimum Gasteiger partial charge on any atom is -0.457 e. The molecule has 9 nitrogen and oxygen atoms in total. The third kappa shape index (κ3) is 5.83. The molecule has 14 heteroatoms. The van der Waals surface area contributed by atoms with E-state index in [0.717, 1.165) is 9.54 Å². The Bertz CT molecular complexity index is 1910. The van der Waals surface area contributed by atoms with Gasteiger partial charge < -0.3 is 21.1 Å². The van der Waals surface area contributed by atoms with E-state index in [1.807, 2.05) is 6.92 Å². The maximum absolute atomic E-state index is 13.9. The third-order valence-electron chi connectivity index (χ3n) is 6.06. The van der Waals surface area contributed by atoms with Gasteiger partial charge in [0.25, 0.3) is 10.0 Å². The highest BCUT2D eigenvalue weighted by Gasteiger charge is 2.31. The lowest BCUT2D eigenvalue weighted by atomic mass is 10.2. The molecule has 0 atom stereocenters. The summed E-state index contributed by atoms with van der Waals surface area (Å²) in [6.07, 6.45) is -4.71. The molecule has 2 amide bonds. The van der Waals surface area contributed by atoms with Gasteiger partial charge in [-0.1, -0.05) is 17.7 Å². The number of halogens is 4. The number of nitrogen functional groups attached to an aromatic ring is 1. The van der Waals surface area contributed by atoms with Gasteiger partial charge in [-0.3, -0.25) is 0 Å². The number of nitrogens with two attached hydrogens (primary N) is 1. The monoisotopic (exact) mass is 599 g/mol. The van der Waals surface area contributed by atoms with E-state index in [2.05, 4.69) is 15.6 Å². The van der Waals surface area contributed by atoms with Crippen LogP contribution in [0.2, 0.25) is 0 Å². The van der Waals surface area contributed by atoms with Gasteiger partial charge >= 0.3 is 12.2 Å². The number of aromatic nitrogens is 2. The van der Waals surface area contributed by atoms with Crippen LogP contribution in [-0.4, -0.2) is 23.4 Å². The standard InChI is InChI=1S/C28H21F4N5O4S/c1-16-2-10-21(11-3-16)42(39,40)37-25-15-20(9-13-23(25)35-26(37)33)41-19-7-5-18(6-8-19)34-27(38)36-24-14-17(28(30,31)32)4-12-22(24)29/h2-15H,1H3,(H2,33,35)(H2,34,36,38). The molecule has 42 heavy (non-hydrogen) atoms. The molecule has 4 N–H and O–H groups in total. The van der Waals surface area contributed by atoms with Crippen molar-refractivity contribution in [3.63, 3.8) is 0 Å². The SMILES string of the molecule is Cc1ccc(S(=O)(=O)n2c(N)nc3ccc(Oc4ccc(NC(=O)Nc5cc(C(F)(F)F)ccc5F)cc4)cc32)cc1. The quantitative estimate of drug-likeness (QED) is 0.185. The maximum atomic E-state index is 13.9. The van der Waals surface area contributed by atoms with Crippen LogP contribution in [0.25, 0.3) is 11.0 Å². The first kappa shape index (κ1) is 28.4. The number of ether oxygens (including phenoxy) is 1. The summed E-state index contributed by atoms with van der Waals surface area (Å²) >= 11 is 0. The number of hydrogen-bond acceptors (Lipinski definition) is 6. The number of benzene rings is 4. The van der Waals surface area contributed by atoms with Gasteiger partial charge in [-0.2, -0.15) is 13.2 Å². The summed E-state index contributed by atoms with van der Waals surface area (Å²) in [5.41, 5.74) is 5.87. The highest BCUT2D eigenvalue weighted by Crippen LogP contribution is 2.33. The maximum Gasteiger partial charge on any atom is 0.416 e. The van der Waals surface area contributed by atoms with Crippen LogP contribution in [0.15, 0.2) is 89.8 Å². The Labute approximate surface area is 236 Å². The molecule has 5 aromatic rings. The number of alkyl halides is 3. The van der Waals surface area contributed by atoms with Crippen LogP contribution < -0.4 is 21.1 Å². The van der Waals surface area contributed by atoms with Crippen molar-refractivity contribution in [1.82, 2.24) is 8.96 Å². The first-order valence-corrected chi connectivity index (χ1v) is 13.6. The van der Waals surface area contributed by atoms with Gasteiger partial charge in [0.1, 0.15) is 17.3 Å². The third-order valence-corrected chi connectivity index (χ3v) is 7.79. The molecule has 0 aliphatic heterocycles. The second kappa shape index (κ2) is 10.7. The Morgan fingerprint density at radius 1 is 0.905 bits per heavy atom. The van der Waals surface area contributed by atoms with E-state index in [9.17, 15) is 30.8 Å². The number of carbonyl (C=O) groups is 1. The highest BCUT2D eigenvalue weighted by atomic mass is 32.2. The molecule has 0 radical (unpaired) electrons. The molecule has 0 aliphatic carbocycles. The molecule has 0 aliphatic rings. The zero-order chi connectivity index (χ0) is 30.2. The number of rotatable bonds is 6. The van der Waals surface area contributed by atoms with E-state index >= 15 is 0 Å². The van der Waals surface area contributed by atoms with E-state index in [1.54, 1.807) is 24.3 Å². The van der Waals surface area contributed by atoms with Crippen molar-refractivity contribution in [3.05, 3.63) is 102 Å². The summed E-state index contributed by atoms with van der Waals surface area (Å²) < 4.78 is 86.1. The van der Waals surface area contributed by atoms with E-state index in [-0.39, 0.29) is 27.8 Å². The van der Waals surface area contributed by atoms with Crippen LogP contribution in [0, 0.1) is 12.7 Å². The first-order chi connectivity index (χ1) is 19.8. The number of nitrogens with one attached hydrogen (secondary N) is 2. The van der Waals surface area contributed by atoms with E-state index in [1.165, 1.54) is 42.5 Å². The van der Waals surface area contributed by atoms with Gasteiger partial charge in [0.15, 0.2) is 0 Å². The molecule has 0 saturated heterocycles. The predicted octanol–water partition coefficient (Wildman–Crippen LogP) is 6.76. The Balaban J connectivity index is 1.31. The molecular formula is C28H21F4N5O4S. The van der Waals surface area contributed by atoms with Crippen LogP contribution in [0.4, 0.5) is 39.7 Å². The average molecular weight is 600 g/mol. The van der Waals surface area contributed by atoms with Crippen LogP contribution in [-0.2, 0) is 16.2 Å². The van der Waals surface area contributed by atoms with Crippen LogP contribution in [0.3, 0.4) is 0 Å². The zero-order valence-electron chi connectivity index (χ0n) is 21.6. The second-order valence-electron chi connectivity index (χ2n) is 9.10. The van der Waals surface area contributed by atoms with Crippen molar-refractivity contribution >= 4 is 44.4 Å². The fraction of sp³-hybridized carbons (Fsp3) is 0.0714. The number of fused-ring (bicyclic) bond motifs is 1. The summed E-state index contributed by atoms with van der Waals surface area (Å²) in [5.74, 6) is -0.680. The normalized spacial score (nSPS) is 11.8. The molecule has 0 fully saturated rings. The summed E-state index contributed by atoms with van der Waals surface area (Å²) in [6, 6.07) is 17.4. The molecule has 5 rings (SSSR count). The van der Waals surface area contributed by atoms with Crippen molar-refractivity contribution in [1.29, 1.82) is 0 Å². The predicted molar refractivity (Wildman–Crippen MR) is 148 cm³/mol. The number of anilines is 3. The number of carbonyl (C=O) groups excluding carboxylic acids is 1. The minimum atomic E-state index is -4.71. The fourth-order valence-corrected chi connectivity index (χ4v) is 5.39. The summed E-state index contributed by atoms with van der Waals surface area (Å²) in [5, 5.41) is 4.44. The van der Waals surface area contributed by atoms with Gasteiger partial charge in [0.05, 0.1) is 27.2 Å². The topological polar surface area (TPSA) is 128 Å². The lowest BCUT2D eigenvalue weighted by Gasteiger charge is -2.12. The molecule has 0 bridgehead atoms.